The third-order valence-corrected chi connectivity index (χ3v) is 3.91. The van der Waals surface area contributed by atoms with E-state index in [0.29, 0.717) is 26.6 Å². The van der Waals surface area contributed by atoms with Crippen LogP contribution >= 0.6 is 34.8 Å². The van der Waals surface area contributed by atoms with Gasteiger partial charge in [0.2, 0.25) is 0 Å². The normalized spacial score (nSPS) is 10.7. The van der Waals surface area contributed by atoms with Gasteiger partial charge in [-0.05, 0) is 42.8 Å². The Kier molecular flexibility index (Phi) is 6.19. The van der Waals surface area contributed by atoms with Crippen molar-refractivity contribution in [1.29, 1.82) is 0 Å². The molecule has 0 saturated heterocycles. The van der Waals surface area contributed by atoms with Crippen LogP contribution < -0.4 is 10.1 Å². The molecule has 0 aromatic heterocycles. The Morgan fingerprint density at radius 3 is 2.43 bits per heavy atom. The van der Waals surface area contributed by atoms with E-state index in [0.717, 1.165) is 25.1 Å². The molecule has 5 heteroatoms. The van der Waals surface area contributed by atoms with Crippen molar-refractivity contribution in [1.82, 2.24) is 5.32 Å². The zero-order valence-corrected chi connectivity index (χ0v) is 13.9. The molecule has 0 saturated carbocycles. The van der Waals surface area contributed by atoms with Crippen molar-refractivity contribution in [3.05, 3.63) is 57.0 Å². The van der Waals surface area contributed by atoms with Crippen molar-refractivity contribution in [2.45, 2.75) is 19.9 Å². The molecule has 0 amide bonds. The highest BCUT2D eigenvalue weighted by atomic mass is 35.5. The molecule has 2 aromatic carbocycles. The van der Waals surface area contributed by atoms with Gasteiger partial charge in [-0.3, -0.25) is 0 Å². The maximum Gasteiger partial charge on any atom is 0.146 e. The van der Waals surface area contributed by atoms with Gasteiger partial charge in [0.15, 0.2) is 0 Å². The molecule has 0 unspecified atom stereocenters. The summed E-state index contributed by atoms with van der Waals surface area (Å²) >= 11 is 18.1. The van der Waals surface area contributed by atoms with Gasteiger partial charge in [0.25, 0.3) is 0 Å². The predicted octanol–water partition coefficient (Wildman–Crippen LogP) is 5.94. The molecular formula is C16H16Cl3NO. The summed E-state index contributed by atoms with van der Waals surface area (Å²) in [6, 6.07) is 10.8. The first-order valence-electron chi connectivity index (χ1n) is 6.72. The van der Waals surface area contributed by atoms with Crippen molar-refractivity contribution in [3.8, 4) is 11.5 Å². The predicted molar refractivity (Wildman–Crippen MR) is 90.0 cm³/mol. The highest BCUT2D eigenvalue weighted by Gasteiger charge is 2.06. The second kappa shape index (κ2) is 7.90. The Morgan fingerprint density at radius 2 is 1.76 bits per heavy atom. The molecule has 0 fully saturated rings. The second-order valence-electron chi connectivity index (χ2n) is 4.62. The Bertz CT molecular complexity index is 616. The number of nitrogens with one attached hydrogen (secondary N) is 1. The summed E-state index contributed by atoms with van der Waals surface area (Å²) in [7, 11) is 0. The first-order chi connectivity index (χ1) is 10.1. The molecule has 112 valence electrons. The molecule has 0 bridgehead atoms. The van der Waals surface area contributed by atoms with Gasteiger partial charge in [-0.1, -0.05) is 47.8 Å². The lowest BCUT2D eigenvalue weighted by atomic mass is 10.2. The lowest BCUT2D eigenvalue weighted by Crippen LogP contribution is -2.13. The van der Waals surface area contributed by atoms with E-state index in [-0.39, 0.29) is 0 Å². The number of hydrogen-bond acceptors (Lipinski definition) is 2. The Hall–Kier alpha value is -0.930. The molecule has 0 aliphatic heterocycles. The maximum absolute atomic E-state index is 6.25. The van der Waals surface area contributed by atoms with E-state index in [9.17, 15) is 0 Å². The molecule has 0 aliphatic carbocycles. The highest BCUT2D eigenvalue weighted by molar-refractivity contribution is 6.42. The third kappa shape index (κ3) is 4.79. The van der Waals surface area contributed by atoms with E-state index in [1.165, 1.54) is 0 Å². The Labute approximate surface area is 140 Å². The van der Waals surface area contributed by atoms with Gasteiger partial charge in [-0.15, -0.1) is 0 Å². The molecule has 0 heterocycles. The van der Waals surface area contributed by atoms with Gasteiger partial charge in [-0.2, -0.15) is 0 Å². The zero-order valence-electron chi connectivity index (χ0n) is 11.6. The lowest BCUT2D eigenvalue weighted by molar-refractivity contribution is 0.482. The summed E-state index contributed by atoms with van der Waals surface area (Å²) < 4.78 is 5.73. The van der Waals surface area contributed by atoms with E-state index in [1.54, 1.807) is 18.2 Å². The summed E-state index contributed by atoms with van der Waals surface area (Å²) in [5.41, 5.74) is 1.12. The quantitative estimate of drug-likeness (QED) is 0.655. The summed E-state index contributed by atoms with van der Waals surface area (Å²) in [6.45, 7) is 3.91. The standard InChI is InChI=1S/C16H16Cl3NO/c1-2-7-20-10-11-3-6-16(15(19)8-11)21-12-4-5-13(17)14(18)9-12/h3-6,8-9,20H,2,7,10H2,1H3. The minimum atomic E-state index is 0.450. The largest absolute Gasteiger partial charge is 0.456 e. The van der Waals surface area contributed by atoms with Crippen molar-refractivity contribution < 1.29 is 4.74 Å². The molecule has 0 aliphatic rings. The van der Waals surface area contributed by atoms with Crippen LogP contribution in [0, 0.1) is 0 Å². The van der Waals surface area contributed by atoms with E-state index < -0.39 is 0 Å². The zero-order chi connectivity index (χ0) is 15.2. The second-order valence-corrected chi connectivity index (χ2v) is 5.84. The van der Waals surface area contributed by atoms with Crippen molar-refractivity contribution in [2.75, 3.05) is 6.54 Å². The number of benzene rings is 2. The summed E-state index contributed by atoms with van der Waals surface area (Å²) in [4.78, 5) is 0. The Balaban J connectivity index is 2.08. The van der Waals surface area contributed by atoms with Gasteiger partial charge in [0.1, 0.15) is 11.5 Å². The molecule has 0 atom stereocenters. The number of rotatable bonds is 6. The molecule has 2 aromatic rings. The van der Waals surface area contributed by atoms with Crippen LogP contribution in [0.5, 0.6) is 11.5 Å². The smallest absolute Gasteiger partial charge is 0.146 e. The van der Waals surface area contributed by atoms with Gasteiger partial charge in [0.05, 0.1) is 15.1 Å². The average Bonchev–Trinajstić information content (AvgIpc) is 2.46. The van der Waals surface area contributed by atoms with Crippen LogP contribution in [0.15, 0.2) is 36.4 Å². The minimum absolute atomic E-state index is 0.450. The Morgan fingerprint density at radius 1 is 0.952 bits per heavy atom. The molecular weight excluding hydrogens is 329 g/mol. The van der Waals surface area contributed by atoms with E-state index in [1.807, 2.05) is 18.2 Å². The summed E-state index contributed by atoms with van der Waals surface area (Å²) in [5.74, 6) is 1.19. The fourth-order valence-electron chi connectivity index (χ4n) is 1.81. The SMILES string of the molecule is CCCNCc1ccc(Oc2ccc(Cl)c(Cl)c2)c(Cl)c1. The lowest BCUT2D eigenvalue weighted by Gasteiger charge is -2.10. The summed E-state index contributed by atoms with van der Waals surface area (Å²) in [5, 5.41) is 4.84. The van der Waals surface area contributed by atoms with E-state index in [2.05, 4.69) is 12.2 Å². The summed E-state index contributed by atoms with van der Waals surface area (Å²) in [6.07, 6.45) is 1.10. The average molecular weight is 345 g/mol. The van der Waals surface area contributed by atoms with Crippen LogP contribution in [0.2, 0.25) is 15.1 Å². The monoisotopic (exact) mass is 343 g/mol. The topological polar surface area (TPSA) is 21.3 Å². The maximum atomic E-state index is 6.25. The minimum Gasteiger partial charge on any atom is -0.456 e. The molecule has 0 radical (unpaired) electrons. The first-order valence-corrected chi connectivity index (χ1v) is 7.85. The first kappa shape index (κ1) is 16.4. The molecule has 2 nitrogen and oxygen atoms in total. The van der Waals surface area contributed by atoms with Gasteiger partial charge >= 0.3 is 0 Å². The van der Waals surface area contributed by atoms with Crippen LogP contribution in [0.1, 0.15) is 18.9 Å². The molecule has 0 spiro atoms. The third-order valence-electron chi connectivity index (χ3n) is 2.87. The highest BCUT2D eigenvalue weighted by Crippen LogP contribution is 2.33. The number of hydrogen-bond donors (Lipinski definition) is 1. The van der Waals surface area contributed by atoms with Gasteiger partial charge in [0, 0.05) is 12.6 Å². The van der Waals surface area contributed by atoms with Crippen molar-refractivity contribution >= 4 is 34.8 Å². The number of ether oxygens (including phenoxy) is 1. The van der Waals surface area contributed by atoms with Crippen LogP contribution in [0.3, 0.4) is 0 Å². The fourth-order valence-corrected chi connectivity index (χ4v) is 2.34. The van der Waals surface area contributed by atoms with Crippen molar-refractivity contribution in [3.63, 3.8) is 0 Å². The van der Waals surface area contributed by atoms with Gasteiger partial charge < -0.3 is 10.1 Å². The van der Waals surface area contributed by atoms with E-state index in [4.69, 9.17) is 39.5 Å². The van der Waals surface area contributed by atoms with Crippen molar-refractivity contribution in [2.24, 2.45) is 0 Å². The fraction of sp³-hybridized carbons (Fsp3) is 0.250. The van der Waals surface area contributed by atoms with Crippen LogP contribution in [-0.4, -0.2) is 6.54 Å². The van der Waals surface area contributed by atoms with Gasteiger partial charge in [-0.25, -0.2) is 0 Å². The molecule has 21 heavy (non-hydrogen) atoms. The van der Waals surface area contributed by atoms with Crippen LogP contribution in [0.4, 0.5) is 0 Å². The molecule has 1 N–H and O–H groups in total. The van der Waals surface area contributed by atoms with E-state index >= 15 is 0 Å². The number of halogens is 3. The van der Waals surface area contributed by atoms with Crippen LogP contribution in [-0.2, 0) is 6.54 Å². The van der Waals surface area contributed by atoms with Crippen LogP contribution in [0.25, 0.3) is 0 Å². The molecule has 2 rings (SSSR count).